The lowest BCUT2D eigenvalue weighted by Crippen LogP contribution is -1.89. The first-order chi connectivity index (χ1) is 7.33. The molecule has 2 aromatic carbocycles. The lowest BCUT2D eigenvalue weighted by atomic mass is 9.95. The van der Waals surface area contributed by atoms with Crippen molar-refractivity contribution in [1.29, 1.82) is 0 Å². The fourth-order valence-electron chi connectivity index (χ4n) is 2.00. The first-order valence-corrected chi connectivity index (χ1v) is 5.47. The monoisotopic (exact) mass is 196 g/mol. The topological polar surface area (TPSA) is 0 Å². The molecule has 0 N–H and O–H groups in total. The Bertz CT molecular complexity index is 441. The Morgan fingerprint density at radius 3 is 2.27 bits per heavy atom. The minimum atomic E-state index is 1.10. The molecule has 0 atom stereocenters. The summed E-state index contributed by atoms with van der Waals surface area (Å²) in [6, 6.07) is 17.1. The molecule has 0 bridgehead atoms. The van der Waals surface area contributed by atoms with E-state index in [0.717, 1.165) is 6.42 Å². The Morgan fingerprint density at radius 2 is 1.60 bits per heavy atom. The van der Waals surface area contributed by atoms with Gasteiger partial charge < -0.3 is 0 Å². The summed E-state index contributed by atoms with van der Waals surface area (Å²) >= 11 is 0. The first-order valence-electron chi connectivity index (χ1n) is 5.47. The Kier molecular flexibility index (Phi) is 2.86. The van der Waals surface area contributed by atoms with Crippen LogP contribution in [0.1, 0.15) is 18.1 Å². The second-order valence-corrected chi connectivity index (χ2v) is 3.81. The third kappa shape index (κ3) is 1.94. The highest BCUT2D eigenvalue weighted by atomic mass is 14.1. The molecule has 0 saturated heterocycles. The molecule has 0 amide bonds. The van der Waals surface area contributed by atoms with Gasteiger partial charge in [-0.15, -0.1) is 0 Å². The van der Waals surface area contributed by atoms with Gasteiger partial charge in [-0.3, -0.25) is 0 Å². The zero-order valence-electron chi connectivity index (χ0n) is 9.33. The molecule has 2 rings (SSSR count). The van der Waals surface area contributed by atoms with Crippen molar-refractivity contribution in [2.45, 2.75) is 20.3 Å². The molecule has 0 aliphatic carbocycles. The van der Waals surface area contributed by atoms with Gasteiger partial charge >= 0.3 is 0 Å². The average Bonchev–Trinajstić information content (AvgIpc) is 2.30. The van der Waals surface area contributed by atoms with Gasteiger partial charge in [0.1, 0.15) is 0 Å². The summed E-state index contributed by atoms with van der Waals surface area (Å²) in [4.78, 5) is 0. The van der Waals surface area contributed by atoms with Crippen LogP contribution in [0.15, 0.2) is 48.5 Å². The third-order valence-electron chi connectivity index (χ3n) is 2.91. The van der Waals surface area contributed by atoms with E-state index in [2.05, 4.69) is 62.4 Å². The van der Waals surface area contributed by atoms with Crippen LogP contribution in [0.4, 0.5) is 0 Å². The summed E-state index contributed by atoms with van der Waals surface area (Å²) in [7, 11) is 0. The minimum Gasteiger partial charge on any atom is -0.0622 e. The molecule has 0 saturated carbocycles. The van der Waals surface area contributed by atoms with Gasteiger partial charge in [0.05, 0.1) is 0 Å². The molecule has 0 spiro atoms. The second-order valence-electron chi connectivity index (χ2n) is 3.81. The van der Waals surface area contributed by atoms with E-state index in [9.17, 15) is 0 Å². The molecule has 76 valence electrons. The van der Waals surface area contributed by atoms with Crippen LogP contribution in [0.2, 0.25) is 0 Å². The molecule has 0 aliphatic rings. The van der Waals surface area contributed by atoms with Gasteiger partial charge in [0.15, 0.2) is 0 Å². The molecule has 15 heavy (non-hydrogen) atoms. The standard InChI is InChI=1S/C15H16/c1-3-13-10-7-11-15(12(13)2)14-8-5-4-6-9-14/h4-11H,3H2,1-2H3. The zero-order chi connectivity index (χ0) is 10.7. The lowest BCUT2D eigenvalue weighted by molar-refractivity contribution is 1.11. The summed E-state index contributed by atoms with van der Waals surface area (Å²) in [5.41, 5.74) is 5.52. The Morgan fingerprint density at radius 1 is 0.867 bits per heavy atom. The maximum absolute atomic E-state index is 2.21. The fraction of sp³-hybridized carbons (Fsp3) is 0.200. The van der Waals surface area contributed by atoms with E-state index in [4.69, 9.17) is 0 Å². The van der Waals surface area contributed by atoms with Crippen molar-refractivity contribution in [2.24, 2.45) is 0 Å². The molecule has 0 heterocycles. The predicted molar refractivity (Wildman–Crippen MR) is 66.0 cm³/mol. The molecular formula is C15H16. The predicted octanol–water partition coefficient (Wildman–Crippen LogP) is 4.22. The van der Waals surface area contributed by atoms with Crippen molar-refractivity contribution < 1.29 is 0 Å². The highest BCUT2D eigenvalue weighted by Gasteiger charge is 2.03. The Hall–Kier alpha value is -1.56. The minimum absolute atomic E-state index is 1.10. The fourth-order valence-corrected chi connectivity index (χ4v) is 2.00. The first kappa shape index (κ1) is 9.97. The van der Waals surface area contributed by atoms with E-state index in [1.807, 2.05) is 0 Å². The smallest absolute Gasteiger partial charge is 0.0152 e. The van der Waals surface area contributed by atoms with Crippen molar-refractivity contribution in [3.63, 3.8) is 0 Å². The average molecular weight is 196 g/mol. The van der Waals surface area contributed by atoms with Crippen molar-refractivity contribution in [2.75, 3.05) is 0 Å². The normalized spacial score (nSPS) is 10.3. The van der Waals surface area contributed by atoms with Crippen LogP contribution in [-0.2, 0) is 6.42 Å². The van der Waals surface area contributed by atoms with Crippen molar-refractivity contribution >= 4 is 0 Å². The van der Waals surface area contributed by atoms with E-state index in [1.54, 1.807) is 0 Å². The van der Waals surface area contributed by atoms with E-state index in [0.29, 0.717) is 0 Å². The Labute approximate surface area is 91.6 Å². The summed E-state index contributed by atoms with van der Waals surface area (Å²) in [6.45, 7) is 4.41. The molecule has 0 nitrogen and oxygen atoms in total. The number of hydrogen-bond donors (Lipinski definition) is 0. The highest BCUT2D eigenvalue weighted by molar-refractivity contribution is 5.68. The second kappa shape index (κ2) is 4.31. The van der Waals surface area contributed by atoms with Gasteiger partial charge in [0, 0.05) is 0 Å². The van der Waals surface area contributed by atoms with Crippen LogP contribution >= 0.6 is 0 Å². The zero-order valence-corrected chi connectivity index (χ0v) is 9.33. The maximum atomic E-state index is 2.21. The molecule has 0 fully saturated rings. The van der Waals surface area contributed by atoms with Crippen LogP contribution in [0, 0.1) is 6.92 Å². The van der Waals surface area contributed by atoms with E-state index < -0.39 is 0 Å². The SMILES string of the molecule is CCc1cccc(-c2ccccc2)c1C. The van der Waals surface area contributed by atoms with E-state index in [1.165, 1.54) is 22.3 Å². The van der Waals surface area contributed by atoms with E-state index in [-0.39, 0.29) is 0 Å². The number of hydrogen-bond acceptors (Lipinski definition) is 0. The lowest BCUT2D eigenvalue weighted by Gasteiger charge is -2.09. The van der Waals surface area contributed by atoms with Crippen LogP contribution in [-0.4, -0.2) is 0 Å². The third-order valence-corrected chi connectivity index (χ3v) is 2.91. The maximum Gasteiger partial charge on any atom is -0.0152 e. The van der Waals surface area contributed by atoms with Gasteiger partial charge in [-0.25, -0.2) is 0 Å². The van der Waals surface area contributed by atoms with Gasteiger partial charge in [-0.05, 0) is 35.6 Å². The molecule has 0 radical (unpaired) electrons. The van der Waals surface area contributed by atoms with Crippen molar-refractivity contribution in [3.05, 3.63) is 59.7 Å². The van der Waals surface area contributed by atoms with Gasteiger partial charge in [-0.2, -0.15) is 0 Å². The molecule has 0 unspecified atom stereocenters. The highest BCUT2D eigenvalue weighted by Crippen LogP contribution is 2.25. The van der Waals surface area contributed by atoms with Crippen molar-refractivity contribution in [1.82, 2.24) is 0 Å². The van der Waals surface area contributed by atoms with Gasteiger partial charge in [-0.1, -0.05) is 55.5 Å². The molecular weight excluding hydrogens is 180 g/mol. The number of aryl methyl sites for hydroxylation is 1. The summed E-state index contributed by atoms with van der Waals surface area (Å²) < 4.78 is 0. The number of rotatable bonds is 2. The molecule has 2 aromatic rings. The van der Waals surface area contributed by atoms with Crippen LogP contribution in [0.5, 0.6) is 0 Å². The van der Waals surface area contributed by atoms with Gasteiger partial charge in [0.25, 0.3) is 0 Å². The summed E-state index contributed by atoms with van der Waals surface area (Å²) in [5.74, 6) is 0. The molecule has 0 heteroatoms. The summed E-state index contributed by atoms with van der Waals surface area (Å²) in [5, 5.41) is 0. The van der Waals surface area contributed by atoms with Crippen molar-refractivity contribution in [3.8, 4) is 11.1 Å². The summed E-state index contributed by atoms with van der Waals surface area (Å²) in [6.07, 6.45) is 1.10. The Balaban J connectivity index is 2.54. The molecule has 0 aromatic heterocycles. The van der Waals surface area contributed by atoms with Crippen LogP contribution in [0.3, 0.4) is 0 Å². The largest absolute Gasteiger partial charge is 0.0622 e. The van der Waals surface area contributed by atoms with Gasteiger partial charge in [0.2, 0.25) is 0 Å². The quantitative estimate of drug-likeness (QED) is 0.674. The van der Waals surface area contributed by atoms with Crippen LogP contribution in [0.25, 0.3) is 11.1 Å². The number of benzene rings is 2. The molecule has 0 aliphatic heterocycles. The van der Waals surface area contributed by atoms with E-state index >= 15 is 0 Å². The van der Waals surface area contributed by atoms with Crippen LogP contribution < -0.4 is 0 Å².